The number of rotatable bonds is 5. The molecule has 1 rings (SSSR count). The molecule has 0 aromatic heterocycles. The van der Waals surface area contributed by atoms with Gasteiger partial charge in [-0.25, -0.2) is 4.99 Å². The van der Waals surface area contributed by atoms with Crippen molar-refractivity contribution in [2.45, 2.75) is 46.6 Å². The first-order valence-electron chi connectivity index (χ1n) is 7.63. The number of nitrogens with zero attached hydrogens (tertiary/aromatic N) is 2. The van der Waals surface area contributed by atoms with Crippen molar-refractivity contribution in [2.24, 2.45) is 15.4 Å². The van der Waals surface area contributed by atoms with Gasteiger partial charge in [-0.05, 0) is 40.2 Å². The summed E-state index contributed by atoms with van der Waals surface area (Å²) in [6, 6.07) is 10.6. The molecular formula is C19H26N2O. The van der Waals surface area contributed by atoms with E-state index in [0.717, 1.165) is 24.2 Å². The van der Waals surface area contributed by atoms with E-state index in [0.29, 0.717) is 0 Å². The van der Waals surface area contributed by atoms with Gasteiger partial charge in [0.25, 0.3) is 0 Å². The van der Waals surface area contributed by atoms with Gasteiger partial charge < -0.3 is 4.74 Å². The lowest BCUT2D eigenvalue weighted by molar-refractivity contribution is 0.0553. The summed E-state index contributed by atoms with van der Waals surface area (Å²) >= 11 is 0. The maximum Gasteiger partial charge on any atom is 0.153 e. The van der Waals surface area contributed by atoms with Gasteiger partial charge in [-0.1, -0.05) is 37.0 Å². The number of hydrogen-bond acceptors (Lipinski definition) is 3. The minimum atomic E-state index is -0.709. The molecule has 1 atom stereocenters. The highest BCUT2D eigenvalue weighted by molar-refractivity contribution is 5.59. The Labute approximate surface area is 134 Å². The predicted molar refractivity (Wildman–Crippen MR) is 92.7 cm³/mol. The number of aliphatic imine (C=N–C) groups is 2. The topological polar surface area (TPSA) is 34.0 Å². The van der Waals surface area contributed by atoms with Crippen molar-refractivity contribution >= 4 is 11.7 Å². The van der Waals surface area contributed by atoms with E-state index in [1.165, 1.54) is 0 Å². The Kier molecular flexibility index (Phi) is 6.56. The summed E-state index contributed by atoms with van der Waals surface area (Å²) < 4.78 is 5.70. The monoisotopic (exact) mass is 298 g/mol. The fraction of sp³-hybridized carbons (Fsp3) is 0.526. The number of methoxy groups -OCH3 is 1. The SMILES string of the molecule is CCCN=C=Nc1ccccc1C(C)(C#CC(C)(C)C)OC. The van der Waals surface area contributed by atoms with Crippen LogP contribution in [0.5, 0.6) is 0 Å². The largest absolute Gasteiger partial charge is 0.362 e. The first-order chi connectivity index (χ1) is 10.3. The van der Waals surface area contributed by atoms with Gasteiger partial charge in [0.05, 0.1) is 11.7 Å². The van der Waals surface area contributed by atoms with Crippen LogP contribution in [-0.4, -0.2) is 19.7 Å². The second-order valence-electron chi connectivity index (χ2n) is 6.35. The average molecular weight is 298 g/mol. The van der Waals surface area contributed by atoms with E-state index in [-0.39, 0.29) is 5.41 Å². The van der Waals surface area contributed by atoms with Gasteiger partial charge in [-0.2, -0.15) is 4.99 Å². The molecule has 0 aliphatic rings. The molecule has 0 heterocycles. The zero-order chi connectivity index (χ0) is 16.6. The van der Waals surface area contributed by atoms with Gasteiger partial charge >= 0.3 is 0 Å². The molecule has 0 spiro atoms. The van der Waals surface area contributed by atoms with Crippen molar-refractivity contribution in [1.82, 2.24) is 0 Å². The standard InChI is InChI=1S/C19H26N2O/c1-7-14-20-15-21-17-11-9-8-10-16(17)19(5,22-6)13-12-18(2,3)4/h8-11H,7,14H2,1-6H3. The predicted octanol–water partition coefficient (Wildman–Crippen LogP) is 4.81. The van der Waals surface area contributed by atoms with E-state index in [9.17, 15) is 0 Å². The molecule has 118 valence electrons. The Morgan fingerprint density at radius 2 is 1.77 bits per heavy atom. The van der Waals surface area contributed by atoms with Gasteiger partial charge in [-0.15, -0.1) is 0 Å². The smallest absolute Gasteiger partial charge is 0.153 e. The molecule has 0 saturated carbocycles. The van der Waals surface area contributed by atoms with Crippen molar-refractivity contribution < 1.29 is 4.74 Å². The van der Waals surface area contributed by atoms with Crippen LogP contribution in [0.15, 0.2) is 34.3 Å². The molecule has 0 radical (unpaired) electrons. The number of benzene rings is 1. The molecule has 0 aliphatic carbocycles. The van der Waals surface area contributed by atoms with Crippen LogP contribution in [0.3, 0.4) is 0 Å². The zero-order valence-corrected chi connectivity index (χ0v) is 14.5. The van der Waals surface area contributed by atoms with Gasteiger partial charge in [0.2, 0.25) is 0 Å². The van der Waals surface area contributed by atoms with Gasteiger partial charge in [0, 0.05) is 24.6 Å². The molecule has 1 aromatic carbocycles. The summed E-state index contributed by atoms with van der Waals surface area (Å²) in [5, 5.41) is 0. The normalized spacial score (nSPS) is 13.4. The van der Waals surface area contributed by atoms with Crippen molar-refractivity contribution in [3.8, 4) is 11.8 Å². The van der Waals surface area contributed by atoms with Crippen LogP contribution in [0.2, 0.25) is 0 Å². The van der Waals surface area contributed by atoms with Gasteiger partial charge in [-0.3, -0.25) is 0 Å². The molecular weight excluding hydrogens is 272 g/mol. The molecule has 3 nitrogen and oxygen atoms in total. The summed E-state index contributed by atoms with van der Waals surface area (Å²) in [6.45, 7) is 11.0. The van der Waals surface area contributed by atoms with E-state index in [1.54, 1.807) is 7.11 Å². The van der Waals surface area contributed by atoms with Crippen LogP contribution in [0.1, 0.15) is 46.6 Å². The minimum absolute atomic E-state index is 0.0828. The molecule has 3 heteroatoms. The zero-order valence-electron chi connectivity index (χ0n) is 14.5. The Morgan fingerprint density at radius 1 is 1.09 bits per heavy atom. The number of ether oxygens (including phenoxy) is 1. The highest BCUT2D eigenvalue weighted by Gasteiger charge is 2.27. The van der Waals surface area contributed by atoms with Crippen molar-refractivity contribution in [2.75, 3.05) is 13.7 Å². The molecule has 1 aromatic rings. The lowest BCUT2D eigenvalue weighted by Crippen LogP contribution is -2.23. The Bertz CT molecular complexity index is 610. The molecule has 0 bridgehead atoms. The lowest BCUT2D eigenvalue weighted by Gasteiger charge is -2.24. The third-order valence-corrected chi connectivity index (χ3v) is 3.08. The molecule has 1 unspecified atom stereocenters. The molecule has 0 fully saturated rings. The van der Waals surface area contributed by atoms with Crippen molar-refractivity contribution in [3.05, 3.63) is 29.8 Å². The molecule has 0 aliphatic heterocycles. The minimum Gasteiger partial charge on any atom is -0.362 e. The van der Waals surface area contributed by atoms with Gasteiger partial charge in [0.15, 0.2) is 5.60 Å². The van der Waals surface area contributed by atoms with E-state index in [4.69, 9.17) is 4.74 Å². The van der Waals surface area contributed by atoms with Crippen LogP contribution in [0, 0.1) is 17.3 Å². The second kappa shape index (κ2) is 7.94. The summed E-state index contributed by atoms with van der Waals surface area (Å²) in [5.41, 5.74) is 0.920. The Morgan fingerprint density at radius 3 is 2.36 bits per heavy atom. The van der Waals surface area contributed by atoms with E-state index in [1.807, 2.05) is 31.2 Å². The molecule has 0 saturated heterocycles. The van der Waals surface area contributed by atoms with E-state index >= 15 is 0 Å². The summed E-state index contributed by atoms with van der Waals surface area (Å²) in [4.78, 5) is 8.46. The lowest BCUT2D eigenvalue weighted by atomic mass is 9.91. The fourth-order valence-electron chi connectivity index (χ4n) is 1.76. The van der Waals surface area contributed by atoms with Crippen LogP contribution >= 0.6 is 0 Å². The third kappa shape index (κ3) is 5.48. The van der Waals surface area contributed by atoms with Crippen LogP contribution in [0.25, 0.3) is 0 Å². The first-order valence-corrected chi connectivity index (χ1v) is 7.63. The second-order valence-corrected chi connectivity index (χ2v) is 6.35. The Balaban J connectivity index is 3.27. The average Bonchev–Trinajstić information content (AvgIpc) is 2.49. The van der Waals surface area contributed by atoms with E-state index < -0.39 is 5.60 Å². The fourth-order valence-corrected chi connectivity index (χ4v) is 1.76. The molecule has 22 heavy (non-hydrogen) atoms. The highest BCUT2D eigenvalue weighted by Crippen LogP contribution is 2.32. The van der Waals surface area contributed by atoms with Crippen molar-refractivity contribution in [1.29, 1.82) is 0 Å². The summed E-state index contributed by atoms with van der Waals surface area (Å²) in [5.74, 6) is 6.51. The molecule has 0 N–H and O–H groups in total. The Hall–Kier alpha value is -1.88. The maximum atomic E-state index is 5.70. The van der Waals surface area contributed by atoms with Crippen LogP contribution in [0.4, 0.5) is 5.69 Å². The van der Waals surface area contributed by atoms with Crippen molar-refractivity contribution in [3.63, 3.8) is 0 Å². The number of hydrogen-bond donors (Lipinski definition) is 0. The van der Waals surface area contributed by atoms with Crippen LogP contribution < -0.4 is 0 Å². The number of para-hydroxylation sites is 1. The summed E-state index contributed by atoms with van der Waals surface area (Å²) in [7, 11) is 1.67. The van der Waals surface area contributed by atoms with Crippen LogP contribution in [-0.2, 0) is 10.3 Å². The first kappa shape index (κ1) is 18.2. The van der Waals surface area contributed by atoms with E-state index in [2.05, 4.69) is 55.5 Å². The maximum absolute atomic E-state index is 5.70. The quantitative estimate of drug-likeness (QED) is 0.567. The highest BCUT2D eigenvalue weighted by atomic mass is 16.5. The summed E-state index contributed by atoms with van der Waals surface area (Å²) in [6.07, 6.45) is 0.983. The van der Waals surface area contributed by atoms with Gasteiger partial charge in [0.1, 0.15) is 0 Å². The molecule has 0 amide bonds. The third-order valence-electron chi connectivity index (χ3n) is 3.08.